The van der Waals surface area contributed by atoms with Crippen molar-refractivity contribution in [2.24, 2.45) is 5.18 Å². The molecule has 0 bridgehead atoms. The maximum absolute atomic E-state index is 13.6. The summed E-state index contributed by atoms with van der Waals surface area (Å²) in [6.45, 7) is 6.87. The van der Waals surface area contributed by atoms with E-state index in [9.17, 15) is 9.30 Å². The standard InChI is InChI=1S/C21H32FN3O2/c1-3-12-27-18-6-4-17(5-7-18)25-10-8-16(9-11-25)23-20-13-15(2)19(22)14-21(20)24-26/h13-14,16-18,23H,3-12H2,1-2H3. The van der Waals surface area contributed by atoms with Crippen molar-refractivity contribution in [2.75, 3.05) is 25.0 Å². The van der Waals surface area contributed by atoms with Gasteiger partial charge in [-0.15, -0.1) is 4.91 Å². The van der Waals surface area contributed by atoms with Gasteiger partial charge in [-0.1, -0.05) is 6.92 Å². The fraction of sp³-hybridized carbons (Fsp3) is 0.714. The van der Waals surface area contributed by atoms with E-state index in [1.54, 1.807) is 13.0 Å². The van der Waals surface area contributed by atoms with Crippen molar-refractivity contribution in [1.29, 1.82) is 0 Å². The second-order valence-corrected chi connectivity index (χ2v) is 7.97. The molecule has 1 aromatic carbocycles. The molecule has 2 aliphatic rings. The largest absolute Gasteiger partial charge is 0.380 e. The van der Waals surface area contributed by atoms with Gasteiger partial charge in [0.2, 0.25) is 0 Å². The quantitative estimate of drug-likeness (QED) is 0.668. The van der Waals surface area contributed by atoms with E-state index in [4.69, 9.17) is 4.74 Å². The highest BCUT2D eigenvalue weighted by Gasteiger charge is 2.29. The van der Waals surface area contributed by atoms with Crippen LogP contribution < -0.4 is 5.32 Å². The van der Waals surface area contributed by atoms with Crippen LogP contribution in [0.3, 0.4) is 0 Å². The third-order valence-corrected chi connectivity index (χ3v) is 5.98. The van der Waals surface area contributed by atoms with Crippen molar-refractivity contribution >= 4 is 11.4 Å². The predicted octanol–water partition coefficient (Wildman–Crippen LogP) is 5.15. The van der Waals surface area contributed by atoms with Crippen LogP contribution in [0.25, 0.3) is 0 Å². The van der Waals surface area contributed by atoms with Gasteiger partial charge < -0.3 is 15.0 Å². The van der Waals surface area contributed by atoms with E-state index in [2.05, 4.69) is 22.3 Å². The molecular formula is C21H32FN3O2. The van der Waals surface area contributed by atoms with Crippen LogP contribution in [0, 0.1) is 17.6 Å². The zero-order valence-corrected chi connectivity index (χ0v) is 16.5. The first-order valence-electron chi connectivity index (χ1n) is 10.4. The SMILES string of the molecule is CCCOC1CCC(N2CCC(Nc3cc(C)c(F)cc3N=O)CC2)CC1. The molecule has 150 valence electrons. The van der Waals surface area contributed by atoms with Crippen molar-refractivity contribution < 1.29 is 9.13 Å². The highest BCUT2D eigenvalue weighted by molar-refractivity contribution is 5.67. The highest BCUT2D eigenvalue weighted by Crippen LogP contribution is 2.31. The molecule has 3 rings (SSSR count). The van der Waals surface area contributed by atoms with Gasteiger partial charge in [0, 0.05) is 37.8 Å². The first-order valence-corrected chi connectivity index (χ1v) is 10.4. The molecule has 0 amide bonds. The molecule has 0 atom stereocenters. The monoisotopic (exact) mass is 377 g/mol. The molecule has 1 aliphatic heterocycles. The predicted molar refractivity (Wildman–Crippen MR) is 107 cm³/mol. The molecule has 1 aromatic rings. The van der Waals surface area contributed by atoms with Crippen LogP contribution >= 0.6 is 0 Å². The first kappa shape index (κ1) is 20.2. The lowest BCUT2D eigenvalue weighted by Gasteiger charge is -2.41. The van der Waals surface area contributed by atoms with Crippen LogP contribution in [0.2, 0.25) is 0 Å². The van der Waals surface area contributed by atoms with Crippen molar-refractivity contribution in [3.8, 4) is 0 Å². The van der Waals surface area contributed by atoms with Gasteiger partial charge in [0.15, 0.2) is 0 Å². The Morgan fingerprint density at radius 1 is 1.19 bits per heavy atom. The number of benzene rings is 1. The smallest absolute Gasteiger partial charge is 0.134 e. The lowest BCUT2D eigenvalue weighted by molar-refractivity contribution is 0.00428. The lowest BCUT2D eigenvalue weighted by Crippen LogP contribution is -2.46. The van der Waals surface area contributed by atoms with Gasteiger partial charge in [0.25, 0.3) is 0 Å². The van der Waals surface area contributed by atoms with Gasteiger partial charge in [0.1, 0.15) is 11.5 Å². The number of nitroso groups, excluding NO2 is 1. The molecule has 1 aliphatic carbocycles. The molecule has 1 saturated heterocycles. The average Bonchev–Trinajstić information content (AvgIpc) is 2.70. The number of aryl methyl sites for hydroxylation is 1. The fourth-order valence-corrected chi connectivity index (χ4v) is 4.35. The van der Waals surface area contributed by atoms with E-state index in [0.717, 1.165) is 39.0 Å². The van der Waals surface area contributed by atoms with Gasteiger partial charge in [-0.3, -0.25) is 0 Å². The van der Waals surface area contributed by atoms with Gasteiger partial charge in [0.05, 0.1) is 11.8 Å². The Hall–Kier alpha value is -1.53. The minimum Gasteiger partial charge on any atom is -0.380 e. The maximum atomic E-state index is 13.6. The van der Waals surface area contributed by atoms with Crippen molar-refractivity contribution in [3.05, 3.63) is 28.4 Å². The number of rotatable bonds is 7. The molecule has 0 unspecified atom stereocenters. The van der Waals surface area contributed by atoms with E-state index in [-0.39, 0.29) is 11.5 Å². The van der Waals surface area contributed by atoms with E-state index in [0.29, 0.717) is 29.4 Å². The number of hydrogen-bond donors (Lipinski definition) is 1. The van der Waals surface area contributed by atoms with Gasteiger partial charge in [-0.25, -0.2) is 4.39 Å². The van der Waals surface area contributed by atoms with Gasteiger partial charge >= 0.3 is 0 Å². The zero-order valence-electron chi connectivity index (χ0n) is 16.5. The number of halogens is 1. The number of nitrogens with zero attached hydrogens (tertiary/aromatic N) is 2. The van der Waals surface area contributed by atoms with E-state index >= 15 is 0 Å². The Kier molecular flexibility index (Phi) is 7.19. The fourth-order valence-electron chi connectivity index (χ4n) is 4.35. The van der Waals surface area contributed by atoms with Crippen molar-refractivity contribution in [3.63, 3.8) is 0 Å². The summed E-state index contributed by atoms with van der Waals surface area (Å²) in [5.41, 5.74) is 1.34. The zero-order chi connectivity index (χ0) is 19.2. The summed E-state index contributed by atoms with van der Waals surface area (Å²) in [6, 6.07) is 3.89. The molecular weight excluding hydrogens is 345 g/mol. The maximum Gasteiger partial charge on any atom is 0.134 e. The molecule has 5 nitrogen and oxygen atoms in total. The summed E-state index contributed by atoms with van der Waals surface area (Å²) < 4.78 is 19.5. The third-order valence-electron chi connectivity index (χ3n) is 5.98. The number of hydrogen-bond acceptors (Lipinski definition) is 5. The van der Waals surface area contributed by atoms with Gasteiger partial charge in [-0.05, 0) is 68.7 Å². The van der Waals surface area contributed by atoms with Gasteiger partial charge in [-0.2, -0.15) is 0 Å². The molecule has 0 spiro atoms. The molecule has 27 heavy (non-hydrogen) atoms. The normalized spacial score (nSPS) is 24.7. The molecule has 1 saturated carbocycles. The highest BCUT2D eigenvalue weighted by atomic mass is 19.1. The minimum absolute atomic E-state index is 0.158. The third kappa shape index (κ3) is 5.26. The number of ether oxygens (including phenoxy) is 1. The molecule has 1 N–H and O–H groups in total. The van der Waals surface area contributed by atoms with E-state index in [1.807, 2.05) is 0 Å². The molecule has 6 heteroatoms. The second kappa shape index (κ2) is 9.60. The number of likely N-dealkylation sites (tertiary alicyclic amines) is 1. The number of anilines is 1. The molecule has 0 aromatic heterocycles. The van der Waals surface area contributed by atoms with Crippen molar-refractivity contribution in [2.45, 2.75) is 77.0 Å². The Morgan fingerprint density at radius 2 is 1.89 bits per heavy atom. The van der Waals surface area contributed by atoms with Crippen LogP contribution in [0.15, 0.2) is 17.3 Å². The van der Waals surface area contributed by atoms with E-state index < -0.39 is 0 Å². The van der Waals surface area contributed by atoms with Crippen LogP contribution in [0.1, 0.15) is 57.4 Å². The Balaban J connectivity index is 1.47. The van der Waals surface area contributed by atoms with Crippen molar-refractivity contribution in [1.82, 2.24) is 4.90 Å². The molecule has 2 fully saturated rings. The summed E-state index contributed by atoms with van der Waals surface area (Å²) in [7, 11) is 0. The second-order valence-electron chi connectivity index (χ2n) is 7.97. The molecule has 1 heterocycles. The minimum atomic E-state index is -0.386. The summed E-state index contributed by atoms with van der Waals surface area (Å²) in [5.74, 6) is -0.386. The number of piperidine rings is 1. The Labute approximate surface area is 161 Å². The van der Waals surface area contributed by atoms with Crippen LogP contribution in [-0.2, 0) is 4.74 Å². The summed E-state index contributed by atoms with van der Waals surface area (Å²) >= 11 is 0. The average molecular weight is 378 g/mol. The van der Waals surface area contributed by atoms with Crippen LogP contribution in [-0.4, -0.2) is 42.8 Å². The van der Waals surface area contributed by atoms with Crippen LogP contribution in [0.5, 0.6) is 0 Å². The first-order chi connectivity index (χ1) is 13.1. The van der Waals surface area contributed by atoms with E-state index in [1.165, 1.54) is 31.7 Å². The molecule has 0 radical (unpaired) electrons. The number of nitrogens with one attached hydrogen (secondary N) is 1. The topological polar surface area (TPSA) is 53.9 Å². The Bertz CT molecular complexity index is 624. The summed E-state index contributed by atoms with van der Waals surface area (Å²) in [5, 5.41) is 6.39. The summed E-state index contributed by atoms with van der Waals surface area (Å²) in [4.78, 5) is 13.6. The Morgan fingerprint density at radius 3 is 2.52 bits per heavy atom. The van der Waals surface area contributed by atoms with Crippen LogP contribution in [0.4, 0.5) is 15.8 Å². The summed E-state index contributed by atoms with van der Waals surface area (Å²) in [6.07, 6.45) is 8.40. The lowest BCUT2D eigenvalue weighted by atomic mass is 9.90.